The van der Waals surface area contributed by atoms with Gasteiger partial charge < -0.3 is 29.4 Å². The fraction of sp³-hybridized carbons (Fsp3) is 0.585. The standard InChI is InChI=1S/C41H52N4O4/c1-6-23-20-44(3)35-17-31-24-9-7-8-10-33(24)42-39(31)30(15-27(23)37(35)41(47)49-5)29-16-34-28(18-36(29)48-4)25-11-12-45-19-22-13-26(21(2)46)40(45)32(14-22)38(25)43-34/h7-10,16,18,21-23,26-27,30,32,35,37,40,42-43,46H,6,11-15,17,19-20H2,1-5H3/t21-,22?,23?,26-,27+,30+,32+,35+,37+,40+/m1/s1. The van der Waals surface area contributed by atoms with E-state index in [4.69, 9.17) is 9.47 Å². The molecule has 1 saturated carbocycles. The normalized spacial score (nSPS) is 34.5. The van der Waals surface area contributed by atoms with Crippen molar-refractivity contribution >= 4 is 27.8 Å². The highest BCUT2D eigenvalue weighted by Gasteiger charge is 2.52. The van der Waals surface area contributed by atoms with Crippen molar-refractivity contribution in [2.45, 2.75) is 82.4 Å². The van der Waals surface area contributed by atoms with Crippen LogP contribution in [0.1, 0.15) is 79.4 Å². The number of likely N-dealkylation sites (N-methyl/N-ethyl adjacent to an activating group) is 1. The Hall–Kier alpha value is -3.33. The van der Waals surface area contributed by atoms with Crippen LogP contribution in [0.25, 0.3) is 21.8 Å². The molecule has 8 nitrogen and oxygen atoms in total. The summed E-state index contributed by atoms with van der Waals surface area (Å²) in [5.41, 5.74) is 8.90. The fourth-order valence-corrected chi connectivity index (χ4v) is 11.8. The molecule has 10 rings (SSSR count). The van der Waals surface area contributed by atoms with Crippen LogP contribution in [-0.4, -0.2) is 89.9 Å². The minimum absolute atomic E-state index is 0.0289. The highest BCUT2D eigenvalue weighted by Crippen LogP contribution is 2.53. The van der Waals surface area contributed by atoms with Gasteiger partial charge in [0.15, 0.2) is 0 Å². The molecule has 4 aliphatic heterocycles. The molecule has 260 valence electrons. The Balaban J connectivity index is 1.22. The second-order valence-corrected chi connectivity index (χ2v) is 16.2. The second-order valence-electron chi connectivity index (χ2n) is 16.2. The molecule has 2 aromatic carbocycles. The highest BCUT2D eigenvalue weighted by atomic mass is 16.5. The number of aromatic nitrogens is 2. The molecule has 3 saturated heterocycles. The van der Waals surface area contributed by atoms with Crippen LogP contribution < -0.4 is 4.74 Å². The van der Waals surface area contributed by atoms with Gasteiger partial charge in [-0.15, -0.1) is 0 Å². The van der Waals surface area contributed by atoms with Crippen molar-refractivity contribution in [3.8, 4) is 5.75 Å². The summed E-state index contributed by atoms with van der Waals surface area (Å²) >= 11 is 0. The van der Waals surface area contributed by atoms with Gasteiger partial charge in [0, 0.05) is 88.2 Å². The summed E-state index contributed by atoms with van der Waals surface area (Å²) in [6.07, 6.45) is 5.72. The number of aliphatic hydroxyl groups excluding tert-OH is 1. The molecule has 0 amide bonds. The maximum atomic E-state index is 13.7. The van der Waals surface area contributed by atoms with E-state index in [0.717, 1.165) is 63.0 Å². The minimum atomic E-state index is -0.291. The van der Waals surface area contributed by atoms with Crippen LogP contribution in [-0.2, 0) is 22.4 Å². The first-order chi connectivity index (χ1) is 23.8. The van der Waals surface area contributed by atoms with Crippen LogP contribution in [0.2, 0.25) is 0 Å². The summed E-state index contributed by atoms with van der Waals surface area (Å²) in [5, 5.41) is 13.4. The average Bonchev–Trinajstić information content (AvgIpc) is 3.62. The lowest BCUT2D eigenvalue weighted by atomic mass is 9.64. The van der Waals surface area contributed by atoms with Gasteiger partial charge in [-0.1, -0.05) is 31.5 Å². The highest BCUT2D eigenvalue weighted by molar-refractivity contribution is 5.89. The molecular weight excluding hydrogens is 612 g/mol. The number of methoxy groups -OCH3 is 2. The largest absolute Gasteiger partial charge is 0.496 e. The monoisotopic (exact) mass is 664 g/mol. The molecule has 11 atom stereocenters. The topological polar surface area (TPSA) is 93.8 Å². The molecule has 2 aliphatic carbocycles. The van der Waals surface area contributed by atoms with Crippen LogP contribution in [0.5, 0.6) is 5.75 Å². The quantitative estimate of drug-likeness (QED) is 0.220. The molecule has 2 aromatic heterocycles. The number of hydrogen-bond acceptors (Lipinski definition) is 6. The lowest BCUT2D eigenvalue weighted by Crippen LogP contribution is -2.58. The van der Waals surface area contributed by atoms with Crippen LogP contribution >= 0.6 is 0 Å². The van der Waals surface area contributed by atoms with Gasteiger partial charge in [0.25, 0.3) is 0 Å². The fourth-order valence-electron chi connectivity index (χ4n) is 11.8. The number of esters is 1. The number of aromatic amines is 2. The number of hydrogen-bond donors (Lipinski definition) is 3. The van der Waals surface area contributed by atoms with E-state index in [-0.39, 0.29) is 35.9 Å². The number of rotatable bonds is 5. The number of ether oxygens (including phenoxy) is 2. The second kappa shape index (κ2) is 11.9. The van der Waals surface area contributed by atoms with E-state index in [9.17, 15) is 9.90 Å². The van der Waals surface area contributed by atoms with E-state index in [1.807, 2.05) is 14.0 Å². The Kier molecular flexibility index (Phi) is 7.67. The number of fused-ring (bicyclic) bond motifs is 9. The number of nitrogens with one attached hydrogen (secondary N) is 2. The third kappa shape index (κ3) is 4.76. The van der Waals surface area contributed by atoms with Crippen LogP contribution in [0.15, 0.2) is 36.4 Å². The zero-order valence-electron chi connectivity index (χ0n) is 29.7. The van der Waals surface area contributed by atoms with Gasteiger partial charge in [0.2, 0.25) is 0 Å². The van der Waals surface area contributed by atoms with E-state index >= 15 is 0 Å². The van der Waals surface area contributed by atoms with E-state index in [1.165, 1.54) is 50.8 Å². The number of benzene rings is 2. The number of nitrogens with zero attached hydrogens (tertiary/aromatic N) is 2. The number of para-hydroxylation sites is 1. The van der Waals surface area contributed by atoms with Crippen molar-refractivity contribution in [1.82, 2.24) is 19.8 Å². The summed E-state index contributed by atoms with van der Waals surface area (Å²) in [6, 6.07) is 13.8. The van der Waals surface area contributed by atoms with Crippen molar-refractivity contribution < 1.29 is 19.4 Å². The minimum Gasteiger partial charge on any atom is -0.496 e. The summed E-state index contributed by atoms with van der Waals surface area (Å²) < 4.78 is 11.9. The number of piperidine rings is 3. The molecule has 6 bridgehead atoms. The smallest absolute Gasteiger partial charge is 0.310 e. The van der Waals surface area contributed by atoms with Crippen molar-refractivity contribution in [3.05, 3.63) is 64.5 Å². The van der Waals surface area contributed by atoms with Gasteiger partial charge in [0.1, 0.15) is 5.75 Å². The SMILES string of the molecule is CCC1CN(C)[C@H]2Cc3c([nH]c4ccccc34)[C@H](c3cc4[nH]c5c(c4cc3OC)CCN3CC4C[C@H]([C@@H](C)O)[C@H]3[C@H]5C4)C[C@@H]1[C@@H]2C(=O)OC. The Bertz CT molecular complexity index is 1910. The molecule has 49 heavy (non-hydrogen) atoms. The maximum Gasteiger partial charge on any atom is 0.310 e. The Morgan fingerprint density at radius 1 is 1.02 bits per heavy atom. The third-order valence-electron chi connectivity index (χ3n) is 13.9. The Labute approximate surface area is 289 Å². The lowest BCUT2D eigenvalue weighted by molar-refractivity contribution is -0.155. The molecule has 6 heterocycles. The zero-order valence-corrected chi connectivity index (χ0v) is 29.7. The molecular formula is C41H52N4O4. The van der Waals surface area contributed by atoms with Gasteiger partial charge in [-0.3, -0.25) is 9.69 Å². The Morgan fingerprint density at radius 3 is 2.61 bits per heavy atom. The molecule has 6 aliphatic rings. The lowest BCUT2D eigenvalue weighted by Gasteiger charge is -2.54. The molecule has 3 unspecified atom stereocenters. The van der Waals surface area contributed by atoms with Gasteiger partial charge >= 0.3 is 5.97 Å². The van der Waals surface area contributed by atoms with Gasteiger partial charge in [-0.2, -0.15) is 0 Å². The summed E-state index contributed by atoms with van der Waals surface area (Å²) in [4.78, 5) is 26.8. The number of carbonyl (C=O) groups is 1. The molecule has 0 spiro atoms. The van der Waals surface area contributed by atoms with Crippen molar-refractivity contribution in [1.29, 1.82) is 0 Å². The first-order valence-corrected chi connectivity index (χ1v) is 18.8. The van der Waals surface area contributed by atoms with E-state index in [2.05, 4.69) is 70.1 Å². The number of carbonyl (C=O) groups excluding carboxylic acids is 1. The average molecular weight is 665 g/mol. The predicted octanol–water partition coefficient (Wildman–Crippen LogP) is 6.21. The van der Waals surface area contributed by atoms with Crippen LogP contribution in [0.3, 0.4) is 0 Å². The molecule has 8 heteroatoms. The number of likely N-dealkylation sites (tertiary alicyclic amines) is 1. The molecule has 0 radical (unpaired) electrons. The zero-order chi connectivity index (χ0) is 33.7. The van der Waals surface area contributed by atoms with Gasteiger partial charge in [-0.25, -0.2) is 0 Å². The summed E-state index contributed by atoms with van der Waals surface area (Å²) in [6.45, 7) is 7.45. The van der Waals surface area contributed by atoms with Gasteiger partial charge in [-0.05, 0) is 93.2 Å². The van der Waals surface area contributed by atoms with E-state index in [0.29, 0.717) is 29.7 Å². The molecule has 4 aromatic rings. The van der Waals surface area contributed by atoms with Crippen LogP contribution in [0, 0.1) is 29.6 Å². The predicted molar refractivity (Wildman–Crippen MR) is 192 cm³/mol. The summed E-state index contributed by atoms with van der Waals surface area (Å²) in [7, 11) is 5.56. The first-order valence-electron chi connectivity index (χ1n) is 18.8. The third-order valence-corrected chi connectivity index (χ3v) is 13.9. The van der Waals surface area contributed by atoms with E-state index in [1.54, 1.807) is 7.11 Å². The molecule has 4 fully saturated rings. The van der Waals surface area contributed by atoms with Gasteiger partial charge in [0.05, 0.1) is 26.2 Å². The first kappa shape index (κ1) is 31.6. The number of H-pyrrole nitrogens is 2. The summed E-state index contributed by atoms with van der Waals surface area (Å²) in [5.74, 6) is 2.63. The maximum absolute atomic E-state index is 13.7. The number of aliphatic hydroxyl groups is 1. The Morgan fingerprint density at radius 2 is 1.84 bits per heavy atom. The van der Waals surface area contributed by atoms with Crippen molar-refractivity contribution in [2.75, 3.05) is 40.9 Å². The van der Waals surface area contributed by atoms with Crippen molar-refractivity contribution in [2.24, 2.45) is 29.6 Å². The molecule has 3 N–H and O–H groups in total. The van der Waals surface area contributed by atoms with Crippen LogP contribution in [0.4, 0.5) is 0 Å². The van der Waals surface area contributed by atoms with Crippen molar-refractivity contribution in [3.63, 3.8) is 0 Å². The van der Waals surface area contributed by atoms with E-state index < -0.39 is 0 Å².